The summed E-state index contributed by atoms with van der Waals surface area (Å²) in [5, 5.41) is 7.19. The summed E-state index contributed by atoms with van der Waals surface area (Å²) in [6.07, 6.45) is 2.14. The van der Waals surface area contributed by atoms with E-state index in [4.69, 9.17) is 4.52 Å². The van der Waals surface area contributed by atoms with E-state index >= 15 is 0 Å². The molecular formula is C20H27N3O2. The molecule has 0 saturated carbocycles. The first-order valence-electron chi connectivity index (χ1n) is 9.04. The molecule has 1 aromatic carbocycles. The Morgan fingerprint density at radius 2 is 2.12 bits per heavy atom. The van der Waals surface area contributed by atoms with E-state index in [-0.39, 0.29) is 17.9 Å². The van der Waals surface area contributed by atoms with E-state index in [1.807, 2.05) is 26.8 Å². The van der Waals surface area contributed by atoms with Crippen molar-refractivity contribution in [3.05, 3.63) is 52.9 Å². The normalized spacial score (nSPS) is 19.6. The monoisotopic (exact) mass is 341 g/mol. The van der Waals surface area contributed by atoms with Crippen molar-refractivity contribution in [2.75, 3.05) is 13.1 Å². The van der Waals surface area contributed by atoms with Crippen LogP contribution in [0.15, 0.2) is 34.9 Å². The molecule has 1 aromatic heterocycles. The number of carbonyl (C=O) groups excluding carboxylic acids is 1. The van der Waals surface area contributed by atoms with Gasteiger partial charge in [0.15, 0.2) is 0 Å². The largest absolute Gasteiger partial charge is 0.361 e. The third-order valence-electron chi connectivity index (χ3n) is 5.02. The molecule has 0 spiro atoms. The number of hydrogen-bond acceptors (Lipinski definition) is 4. The third kappa shape index (κ3) is 4.28. The molecule has 0 radical (unpaired) electrons. The summed E-state index contributed by atoms with van der Waals surface area (Å²) in [6.45, 7) is 8.59. The number of nitrogens with zero attached hydrogens (tertiary/aromatic N) is 2. The number of amides is 1. The maximum Gasteiger partial charge on any atom is 0.227 e. The fraction of sp³-hybridized carbons (Fsp3) is 0.500. The van der Waals surface area contributed by atoms with Crippen LogP contribution >= 0.6 is 0 Å². The van der Waals surface area contributed by atoms with Crippen LogP contribution in [0.1, 0.15) is 48.3 Å². The van der Waals surface area contributed by atoms with Crippen LogP contribution in [-0.2, 0) is 11.3 Å². The van der Waals surface area contributed by atoms with Crippen LogP contribution in [0.5, 0.6) is 0 Å². The molecular weight excluding hydrogens is 314 g/mol. The first kappa shape index (κ1) is 17.7. The van der Waals surface area contributed by atoms with E-state index in [9.17, 15) is 4.79 Å². The molecule has 134 valence electrons. The van der Waals surface area contributed by atoms with Gasteiger partial charge in [-0.15, -0.1) is 0 Å². The first-order valence-corrected chi connectivity index (χ1v) is 9.04. The van der Waals surface area contributed by atoms with Crippen molar-refractivity contribution in [1.82, 2.24) is 15.4 Å². The summed E-state index contributed by atoms with van der Waals surface area (Å²) < 4.78 is 5.20. The SMILES string of the molecule is Cc1noc(C)c1[C@H](C)C(=O)N[C@@H]1CCCN(Cc2ccccc2)C1. The molecule has 1 amide bonds. The lowest BCUT2D eigenvalue weighted by molar-refractivity contribution is -0.123. The maximum absolute atomic E-state index is 12.7. The van der Waals surface area contributed by atoms with Gasteiger partial charge in [-0.3, -0.25) is 9.69 Å². The Bertz CT molecular complexity index is 691. The molecule has 2 heterocycles. The topological polar surface area (TPSA) is 58.4 Å². The van der Waals surface area contributed by atoms with Gasteiger partial charge in [0.2, 0.25) is 5.91 Å². The zero-order valence-electron chi connectivity index (χ0n) is 15.3. The summed E-state index contributed by atoms with van der Waals surface area (Å²) in [6, 6.07) is 10.7. The van der Waals surface area contributed by atoms with Crippen molar-refractivity contribution in [2.45, 2.75) is 52.1 Å². The average molecular weight is 341 g/mol. The van der Waals surface area contributed by atoms with Crippen molar-refractivity contribution < 1.29 is 9.32 Å². The second kappa shape index (κ2) is 7.83. The van der Waals surface area contributed by atoms with Gasteiger partial charge in [0.25, 0.3) is 0 Å². The minimum atomic E-state index is -0.240. The highest BCUT2D eigenvalue weighted by Gasteiger charge is 2.27. The van der Waals surface area contributed by atoms with Crippen LogP contribution in [0, 0.1) is 13.8 Å². The fourth-order valence-electron chi connectivity index (χ4n) is 3.72. The quantitative estimate of drug-likeness (QED) is 0.907. The number of piperidine rings is 1. The highest BCUT2D eigenvalue weighted by atomic mass is 16.5. The number of likely N-dealkylation sites (tertiary alicyclic amines) is 1. The number of hydrogen-bond donors (Lipinski definition) is 1. The van der Waals surface area contributed by atoms with Crippen LogP contribution < -0.4 is 5.32 Å². The lowest BCUT2D eigenvalue weighted by Crippen LogP contribution is -2.48. The average Bonchev–Trinajstić information content (AvgIpc) is 2.94. The Kier molecular flexibility index (Phi) is 5.53. The molecule has 1 aliphatic rings. The Morgan fingerprint density at radius 3 is 2.80 bits per heavy atom. The summed E-state index contributed by atoms with van der Waals surface area (Å²) >= 11 is 0. The first-order chi connectivity index (χ1) is 12.0. The van der Waals surface area contributed by atoms with Crippen LogP contribution in [-0.4, -0.2) is 35.1 Å². The van der Waals surface area contributed by atoms with E-state index in [1.54, 1.807) is 0 Å². The van der Waals surface area contributed by atoms with Gasteiger partial charge in [-0.2, -0.15) is 0 Å². The Balaban J connectivity index is 1.58. The molecule has 5 nitrogen and oxygen atoms in total. The Hall–Kier alpha value is -2.14. The minimum absolute atomic E-state index is 0.0564. The molecule has 0 bridgehead atoms. The minimum Gasteiger partial charge on any atom is -0.361 e. The Labute approximate surface area is 149 Å². The lowest BCUT2D eigenvalue weighted by Gasteiger charge is -2.33. The molecule has 1 fully saturated rings. The number of rotatable bonds is 5. The zero-order chi connectivity index (χ0) is 17.8. The van der Waals surface area contributed by atoms with Gasteiger partial charge in [0.05, 0.1) is 11.6 Å². The smallest absolute Gasteiger partial charge is 0.227 e. The van der Waals surface area contributed by atoms with Gasteiger partial charge in [0.1, 0.15) is 5.76 Å². The van der Waals surface area contributed by atoms with Crippen molar-refractivity contribution in [3.8, 4) is 0 Å². The number of aromatic nitrogens is 1. The van der Waals surface area contributed by atoms with Crippen LogP contribution in [0.2, 0.25) is 0 Å². The second-order valence-corrected chi connectivity index (χ2v) is 7.03. The summed E-state index contributed by atoms with van der Waals surface area (Å²) in [4.78, 5) is 15.1. The van der Waals surface area contributed by atoms with Gasteiger partial charge in [-0.1, -0.05) is 35.5 Å². The van der Waals surface area contributed by atoms with Crippen molar-refractivity contribution >= 4 is 5.91 Å². The predicted octanol–water partition coefficient (Wildman–Crippen LogP) is 3.18. The highest BCUT2D eigenvalue weighted by molar-refractivity contribution is 5.84. The number of carbonyl (C=O) groups is 1. The van der Waals surface area contributed by atoms with Gasteiger partial charge in [-0.05, 0) is 45.7 Å². The molecule has 1 N–H and O–H groups in total. The number of aryl methyl sites for hydroxylation is 2. The van der Waals surface area contributed by atoms with E-state index in [2.05, 4.69) is 39.6 Å². The van der Waals surface area contributed by atoms with Gasteiger partial charge < -0.3 is 9.84 Å². The van der Waals surface area contributed by atoms with Gasteiger partial charge in [-0.25, -0.2) is 0 Å². The molecule has 2 aromatic rings. The number of nitrogens with one attached hydrogen (secondary N) is 1. The molecule has 2 atom stereocenters. The Morgan fingerprint density at radius 1 is 1.36 bits per heavy atom. The molecule has 3 rings (SSSR count). The summed E-state index contributed by atoms with van der Waals surface area (Å²) in [5.74, 6) is 0.547. The van der Waals surface area contributed by atoms with Crippen LogP contribution in [0.3, 0.4) is 0 Å². The summed E-state index contributed by atoms with van der Waals surface area (Å²) in [5.41, 5.74) is 3.03. The zero-order valence-corrected chi connectivity index (χ0v) is 15.3. The van der Waals surface area contributed by atoms with Gasteiger partial charge >= 0.3 is 0 Å². The van der Waals surface area contributed by atoms with Crippen molar-refractivity contribution in [2.24, 2.45) is 0 Å². The van der Waals surface area contributed by atoms with Crippen molar-refractivity contribution in [1.29, 1.82) is 0 Å². The standard InChI is InChI=1S/C20H27N3O2/c1-14(19-15(2)22-25-16(19)3)20(24)21-18-10-7-11-23(13-18)12-17-8-5-4-6-9-17/h4-6,8-9,14,18H,7,10-13H2,1-3H3,(H,21,24)/t14-,18+/m0/s1. The predicted molar refractivity (Wildman–Crippen MR) is 97.3 cm³/mol. The van der Waals surface area contributed by atoms with E-state index in [0.717, 1.165) is 49.5 Å². The van der Waals surface area contributed by atoms with E-state index < -0.39 is 0 Å². The number of benzene rings is 1. The van der Waals surface area contributed by atoms with Crippen LogP contribution in [0.25, 0.3) is 0 Å². The molecule has 0 unspecified atom stereocenters. The second-order valence-electron chi connectivity index (χ2n) is 7.03. The maximum atomic E-state index is 12.7. The van der Waals surface area contributed by atoms with Gasteiger partial charge in [0, 0.05) is 24.7 Å². The highest BCUT2D eigenvalue weighted by Crippen LogP contribution is 2.24. The third-order valence-corrected chi connectivity index (χ3v) is 5.02. The molecule has 0 aliphatic carbocycles. The summed E-state index contributed by atoms with van der Waals surface area (Å²) in [7, 11) is 0. The van der Waals surface area contributed by atoms with E-state index in [0.29, 0.717) is 0 Å². The fourth-order valence-corrected chi connectivity index (χ4v) is 3.72. The molecule has 1 saturated heterocycles. The molecule has 5 heteroatoms. The molecule has 1 aliphatic heterocycles. The van der Waals surface area contributed by atoms with E-state index in [1.165, 1.54) is 5.56 Å². The van der Waals surface area contributed by atoms with Crippen molar-refractivity contribution in [3.63, 3.8) is 0 Å². The molecule has 25 heavy (non-hydrogen) atoms. The van der Waals surface area contributed by atoms with Crippen LogP contribution in [0.4, 0.5) is 0 Å². The lowest BCUT2D eigenvalue weighted by atomic mass is 9.97.